The first-order chi connectivity index (χ1) is 13.0. The summed E-state index contributed by atoms with van der Waals surface area (Å²) in [6.45, 7) is 0.262. The molecule has 1 amide bonds. The lowest BCUT2D eigenvalue weighted by molar-refractivity contribution is -0.126. The number of carbonyl (C=O) groups is 1. The largest absolute Gasteiger partial charge is 0.352 e. The van der Waals surface area contributed by atoms with Gasteiger partial charge in [0.05, 0.1) is 10.6 Å². The van der Waals surface area contributed by atoms with E-state index >= 15 is 0 Å². The Morgan fingerprint density at radius 1 is 1.04 bits per heavy atom. The zero-order chi connectivity index (χ0) is 19.3. The Morgan fingerprint density at radius 3 is 2.43 bits per heavy atom. The highest BCUT2D eigenvalue weighted by Gasteiger charge is 2.25. The van der Waals surface area contributed by atoms with Crippen LogP contribution in [0.1, 0.15) is 31.2 Å². The Hall–Kier alpha value is -2.09. The number of rotatable bonds is 6. The summed E-state index contributed by atoms with van der Waals surface area (Å²) in [6, 6.07) is 15.4. The molecule has 1 saturated carbocycles. The fourth-order valence-electron chi connectivity index (χ4n) is 3.37. The van der Waals surface area contributed by atoms with Crippen molar-refractivity contribution in [3.8, 4) is 0 Å². The standard InChI is InChI=1S/C20H25N3O3S.ClH/c21-17-9-6-8-15(13-17)20(24)22-14-16-7-4-5-12-19(16)23-27(25,26)18-10-2-1-3-11-18;/h1-5,7,10-12,15,17,23H,6,8-9,13-14,21H2,(H,22,24);1H. The molecule has 3 rings (SSSR count). The van der Waals surface area contributed by atoms with Crippen LogP contribution in [0.5, 0.6) is 0 Å². The van der Waals surface area contributed by atoms with E-state index in [1.165, 1.54) is 0 Å². The van der Waals surface area contributed by atoms with E-state index in [9.17, 15) is 13.2 Å². The lowest BCUT2D eigenvalue weighted by atomic mass is 9.85. The van der Waals surface area contributed by atoms with Gasteiger partial charge >= 0.3 is 0 Å². The van der Waals surface area contributed by atoms with Gasteiger partial charge in [-0.3, -0.25) is 9.52 Å². The van der Waals surface area contributed by atoms with Crippen molar-refractivity contribution in [1.82, 2.24) is 5.32 Å². The summed E-state index contributed by atoms with van der Waals surface area (Å²) in [5.74, 6) is -0.0900. The first kappa shape index (κ1) is 22.2. The number of sulfonamides is 1. The van der Waals surface area contributed by atoms with Crippen molar-refractivity contribution >= 4 is 34.0 Å². The molecule has 152 valence electrons. The average molecular weight is 424 g/mol. The summed E-state index contributed by atoms with van der Waals surface area (Å²) in [5, 5.41) is 2.93. The molecular formula is C20H26ClN3O3S. The van der Waals surface area contributed by atoms with Crippen LogP contribution in [0.25, 0.3) is 0 Å². The number of hydrogen-bond donors (Lipinski definition) is 3. The zero-order valence-electron chi connectivity index (χ0n) is 15.5. The van der Waals surface area contributed by atoms with Crippen LogP contribution in [-0.2, 0) is 21.4 Å². The van der Waals surface area contributed by atoms with E-state index < -0.39 is 10.0 Å². The van der Waals surface area contributed by atoms with Gasteiger partial charge in [-0.15, -0.1) is 12.4 Å². The second kappa shape index (κ2) is 9.91. The Bertz CT molecular complexity index is 891. The maximum atomic E-state index is 12.6. The fourth-order valence-corrected chi connectivity index (χ4v) is 4.49. The number of hydrogen-bond acceptors (Lipinski definition) is 4. The van der Waals surface area contributed by atoms with Crippen molar-refractivity contribution in [2.45, 2.75) is 43.2 Å². The van der Waals surface area contributed by atoms with Crippen LogP contribution < -0.4 is 15.8 Å². The van der Waals surface area contributed by atoms with E-state index in [0.717, 1.165) is 19.3 Å². The monoisotopic (exact) mass is 423 g/mol. The Morgan fingerprint density at radius 2 is 1.71 bits per heavy atom. The molecule has 0 aliphatic heterocycles. The number of amides is 1. The van der Waals surface area contributed by atoms with Gasteiger partial charge < -0.3 is 11.1 Å². The van der Waals surface area contributed by atoms with Crippen molar-refractivity contribution < 1.29 is 13.2 Å². The highest BCUT2D eigenvalue weighted by molar-refractivity contribution is 7.92. The topological polar surface area (TPSA) is 101 Å². The summed E-state index contributed by atoms with van der Waals surface area (Å²) >= 11 is 0. The van der Waals surface area contributed by atoms with E-state index in [0.29, 0.717) is 17.7 Å². The third kappa shape index (κ3) is 5.70. The van der Waals surface area contributed by atoms with Crippen molar-refractivity contribution in [3.05, 3.63) is 60.2 Å². The summed E-state index contributed by atoms with van der Waals surface area (Å²) in [4.78, 5) is 12.6. The summed E-state index contributed by atoms with van der Waals surface area (Å²) < 4.78 is 27.7. The van der Waals surface area contributed by atoms with Crippen LogP contribution in [-0.4, -0.2) is 20.4 Å². The van der Waals surface area contributed by atoms with Crippen LogP contribution in [0.4, 0.5) is 5.69 Å². The molecule has 6 nitrogen and oxygen atoms in total. The Kier molecular flexibility index (Phi) is 7.86. The smallest absolute Gasteiger partial charge is 0.261 e. The van der Waals surface area contributed by atoms with E-state index in [4.69, 9.17) is 5.73 Å². The maximum absolute atomic E-state index is 12.6. The number of benzene rings is 2. The second-order valence-corrected chi connectivity index (χ2v) is 8.60. The molecule has 2 atom stereocenters. The molecule has 1 aliphatic carbocycles. The van der Waals surface area contributed by atoms with Gasteiger partial charge in [-0.2, -0.15) is 0 Å². The predicted octanol–water partition coefficient (Wildman–Crippen LogP) is 3.04. The van der Waals surface area contributed by atoms with E-state index in [-0.39, 0.29) is 41.7 Å². The number of para-hydroxylation sites is 1. The molecule has 4 N–H and O–H groups in total. The minimum absolute atomic E-state index is 0. The molecule has 2 aromatic carbocycles. The van der Waals surface area contributed by atoms with Gasteiger partial charge in [-0.1, -0.05) is 42.8 Å². The normalized spacial score (nSPS) is 19.3. The Balaban J connectivity index is 0.00000280. The molecule has 0 bridgehead atoms. The van der Waals surface area contributed by atoms with Crippen LogP contribution in [0.2, 0.25) is 0 Å². The molecule has 2 aromatic rings. The number of halogens is 1. The van der Waals surface area contributed by atoms with Crippen LogP contribution in [0.3, 0.4) is 0 Å². The molecule has 28 heavy (non-hydrogen) atoms. The van der Waals surface area contributed by atoms with E-state index in [1.54, 1.807) is 48.5 Å². The first-order valence-electron chi connectivity index (χ1n) is 9.15. The third-order valence-electron chi connectivity index (χ3n) is 4.85. The third-order valence-corrected chi connectivity index (χ3v) is 6.24. The number of nitrogens with two attached hydrogens (primary N) is 1. The van der Waals surface area contributed by atoms with Crippen molar-refractivity contribution in [1.29, 1.82) is 0 Å². The SMILES string of the molecule is Cl.NC1CCCC(C(=O)NCc2ccccc2NS(=O)(=O)c2ccccc2)C1. The summed E-state index contributed by atoms with van der Waals surface area (Å²) in [6.07, 6.45) is 3.48. The fraction of sp³-hybridized carbons (Fsp3) is 0.350. The molecule has 2 unspecified atom stereocenters. The van der Waals surface area contributed by atoms with E-state index in [2.05, 4.69) is 10.0 Å². The lowest BCUT2D eigenvalue weighted by Crippen LogP contribution is -2.37. The van der Waals surface area contributed by atoms with Gasteiger partial charge in [-0.05, 0) is 43.0 Å². The van der Waals surface area contributed by atoms with Crippen molar-refractivity contribution in [2.75, 3.05) is 4.72 Å². The second-order valence-electron chi connectivity index (χ2n) is 6.92. The quantitative estimate of drug-likeness (QED) is 0.664. The van der Waals surface area contributed by atoms with E-state index in [1.807, 2.05) is 6.07 Å². The molecule has 1 aliphatic rings. The molecule has 8 heteroatoms. The maximum Gasteiger partial charge on any atom is 0.261 e. The molecule has 0 spiro atoms. The minimum atomic E-state index is -3.68. The van der Waals surface area contributed by atoms with Gasteiger partial charge in [0.2, 0.25) is 5.91 Å². The minimum Gasteiger partial charge on any atom is -0.352 e. The van der Waals surface area contributed by atoms with Gasteiger partial charge in [-0.25, -0.2) is 8.42 Å². The van der Waals surface area contributed by atoms with Crippen molar-refractivity contribution in [2.24, 2.45) is 11.7 Å². The number of carbonyl (C=O) groups excluding carboxylic acids is 1. The zero-order valence-corrected chi connectivity index (χ0v) is 17.1. The van der Waals surface area contributed by atoms with Gasteiger partial charge in [0, 0.05) is 18.5 Å². The van der Waals surface area contributed by atoms with Crippen LogP contribution >= 0.6 is 12.4 Å². The Labute approximate surface area is 172 Å². The predicted molar refractivity (Wildman–Crippen MR) is 113 cm³/mol. The molecule has 0 heterocycles. The number of nitrogens with one attached hydrogen (secondary N) is 2. The molecular weight excluding hydrogens is 398 g/mol. The van der Waals surface area contributed by atoms with Crippen molar-refractivity contribution in [3.63, 3.8) is 0 Å². The lowest BCUT2D eigenvalue weighted by Gasteiger charge is -2.25. The first-order valence-corrected chi connectivity index (χ1v) is 10.6. The van der Waals surface area contributed by atoms with Gasteiger partial charge in [0.15, 0.2) is 0 Å². The van der Waals surface area contributed by atoms with Gasteiger partial charge in [0.1, 0.15) is 0 Å². The molecule has 0 radical (unpaired) electrons. The molecule has 0 aromatic heterocycles. The van der Waals surface area contributed by atoms with Gasteiger partial charge in [0.25, 0.3) is 10.0 Å². The highest BCUT2D eigenvalue weighted by atomic mass is 35.5. The molecule has 0 saturated heterocycles. The molecule has 1 fully saturated rings. The van der Waals surface area contributed by atoms with Crippen LogP contribution in [0, 0.1) is 5.92 Å². The summed E-state index contributed by atoms with van der Waals surface area (Å²) in [7, 11) is -3.68. The number of anilines is 1. The summed E-state index contributed by atoms with van der Waals surface area (Å²) in [5.41, 5.74) is 7.14. The highest BCUT2D eigenvalue weighted by Crippen LogP contribution is 2.24. The average Bonchev–Trinajstić information content (AvgIpc) is 2.67. The van der Waals surface area contributed by atoms with Crippen LogP contribution in [0.15, 0.2) is 59.5 Å².